The van der Waals surface area contributed by atoms with Gasteiger partial charge in [-0.15, -0.1) is 12.3 Å². The van der Waals surface area contributed by atoms with Gasteiger partial charge in [0.15, 0.2) is 0 Å². The highest BCUT2D eigenvalue weighted by Crippen LogP contribution is 2.29. The Morgan fingerprint density at radius 3 is 2.77 bits per heavy atom. The molecule has 1 N–H and O–H groups in total. The molecule has 1 aliphatic rings. The molecule has 1 aliphatic carbocycles. The SMILES string of the molecule is C#CCCN(CC(=O)O)CC1CC1. The van der Waals surface area contributed by atoms with Crippen molar-refractivity contribution in [1.29, 1.82) is 0 Å². The fraction of sp³-hybridized carbons (Fsp3) is 0.700. The molecule has 3 heteroatoms. The number of rotatable bonds is 6. The maximum Gasteiger partial charge on any atom is 0.317 e. The molecule has 0 radical (unpaired) electrons. The van der Waals surface area contributed by atoms with Gasteiger partial charge in [-0.1, -0.05) is 0 Å². The van der Waals surface area contributed by atoms with Gasteiger partial charge in [0.1, 0.15) is 0 Å². The van der Waals surface area contributed by atoms with Crippen LogP contribution in [0, 0.1) is 18.3 Å². The molecular weight excluding hydrogens is 166 g/mol. The zero-order valence-corrected chi connectivity index (χ0v) is 7.70. The Kier molecular flexibility index (Phi) is 3.78. The lowest BCUT2D eigenvalue weighted by Gasteiger charge is -2.18. The van der Waals surface area contributed by atoms with Crippen LogP contribution in [0.3, 0.4) is 0 Å². The van der Waals surface area contributed by atoms with Gasteiger partial charge < -0.3 is 5.11 Å². The first kappa shape index (κ1) is 10.1. The third-order valence-corrected chi connectivity index (χ3v) is 2.14. The molecule has 3 nitrogen and oxygen atoms in total. The zero-order valence-electron chi connectivity index (χ0n) is 7.70. The maximum atomic E-state index is 10.5. The molecule has 0 saturated heterocycles. The second-order valence-electron chi connectivity index (χ2n) is 3.53. The summed E-state index contributed by atoms with van der Waals surface area (Å²) in [5.41, 5.74) is 0. The van der Waals surface area contributed by atoms with Gasteiger partial charge in [0, 0.05) is 19.5 Å². The summed E-state index contributed by atoms with van der Waals surface area (Å²) in [6, 6.07) is 0. The van der Waals surface area contributed by atoms with Crippen molar-refractivity contribution in [3.05, 3.63) is 0 Å². The van der Waals surface area contributed by atoms with Crippen LogP contribution in [0.1, 0.15) is 19.3 Å². The highest BCUT2D eigenvalue weighted by Gasteiger charge is 2.24. The Balaban J connectivity index is 2.24. The van der Waals surface area contributed by atoms with E-state index in [9.17, 15) is 4.79 Å². The lowest BCUT2D eigenvalue weighted by molar-refractivity contribution is -0.138. The Morgan fingerprint density at radius 1 is 1.62 bits per heavy atom. The molecule has 0 unspecified atom stereocenters. The van der Waals surface area contributed by atoms with E-state index in [1.165, 1.54) is 12.8 Å². The quantitative estimate of drug-likeness (QED) is 0.616. The number of terminal acetylenes is 1. The van der Waals surface area contributed by atoms with Crippen molar-refractivity contribution < 1.29 is 9.90 Å². The van der Waals surface area contributed by atoms with Crippen molar-refractivity contribution in [3.63, 3.8) is 0 Å². The number of nitrogens with zero attached hydrogens (tertiary/aromatic N) is 1. The van der Waals surface area contributed by atoms with Crippen molar-refractivity contribution in [1.82, 2.24) is 4.90 Å². The molecule has 1 fully saturated rings. The van der Waals surface area contributed by atoms with Gasteiger partial charge in [0.05, 0.1) is 6.54 Å². The molecule has 72 valence electrons. The van der Waals surface area contributed by atoms with Crippen molar-refractivity contribution in [2.24, 2.45) is 5.92 Å². The van der Waals surface area contributed by atoms with E-state index < -0.39 is 5.97 Å². The minimum absolute atomic E-state index is 0.123. The summed E-state index contributed by atoms with van der Waals surface area (Å²) in [4.78, 5) is 12.4. The van der Waals surface area contributed by atoms with E-state index in [1.54, 1.807) is 0 Å². The normalized spacial score (nSPS) is 15.7. The smallest absolute Gasteiger partial charge is 0.317 e. The number of carboxylic acid groups (broad SMARTS) is 1. The second-order valence-corrected chi connectivity index (χ2v) is 3.53. The van der Waals surface area contributed by atoms with Gasteiger partial charge in [0.2, 0.25) is 0 Å². The molecule has 0 aromatic rings. The summed E-state index contributed by atoms with van der Waals surface area (Å²) < 4.78 is 0. The van der Waals surface area contributed by atoms with Gasteiger partial charge in [-0.25, -0.2) is 0 Å². The Morgan fingerprint density at radius 2 is 2.31 bits per heavy atom. The molecule has 13 heavy (non-hydrogen) atoms. The van der Waals surface area contributed by atoms with E-state index in [2.05, 4.69) is 5.92 Å². The number of aliphatic carboxylic acids is 1. The van der Waals surface area contributed by atoms with Crippen LogP contribution in [0.15, 0.2) is 0 Å². The predicted molar refractivity (Wildman–Crippen MR) is 50.2 cm³/mol. The fourth-order valence-electron chi connectivity index (χ4n) is 1.31. The molecule has 1 saturated carbocycles. The van der Waals surface area contributed by atoms with E-state index in [4.69, 9.17) is 11.5 Å². The van der Waals surface area contributed by atoms with Gasteiger partial charge in [-0.05, 0) is 18.8 Å². The molecule has 0 aliphatic heterocycles. The highest BCUT2D eigenvalue weighted by atomic mass is 16.4. The van der Waals surface area contributed by atoms with Gasteiger partial charge in [0.25, 0.3) is 0 Å². The summed E-state index contributed by atoms with van der Waals surface area (Å²) in [5, 5.41) is 8.62. The maximum absolute atomic E-state index is 10.5. The predicted octanol–water partition coefficient (Wildman–Crippen LogP) is 0.806. The number of carboxylic acids is 1. The average molecular weight is 181 g/mol. The lowest BCUT2D eigenvalue weighted by atomic mass is 10.3. The van der Waals surface area contributed by atoms with Crippen LogP contribution in [0.5, 0.6) is 0 Å². The van der Waals surface area contributed by atoms with E-state index in [0.717, 1.165) is 12.5 Å². The van der Waals surface area contributed by atoms with Crippen molar-refractivity contribution in [2.45, 2.75) is 19.3 Å². The molecule has 0 atom stereocenters. The topological polar surface area (TPSA) is 40.5 Å². The van der Waals surface area contributed by atoms with Crippen LogP contribution in [-0.2, 0) is 4.79 Å². The number of hydrogen-bond acceptors (Lipinski definition) is 2. The third-order valence-electron chi connectivity index (χ3n) is 2.14. The Hall–Kier alpha value is -1.01. The first-order chi connectivity index (χ1) is 6.22. The molecule has 1 rings (SSSR count). The summed E-state index contributed by atoms with van der Waals surface area (Å²) in [5.74, 6) is 2.48. The average Bonchev–Trinajstić information content (AvgIpc) is 2.83. The number of hydrogen-bond donors (Lipinski definition) is 1. The van der Waals surface area contributed by atoms with E-state index in [0.29, 0.717) is 13.0 Å². The summed E-state index contributed by atoms with van der Waals surface area (Å²) in [7, 11) is 0. The minimum Gasteiger partial charge on any atom is -0.480 e. The summed E-state index contributed by atoms with van der Waals surface area (Å²) in [6.45, 7) is 1.73. The van der Waals surface area contributed by atoms with Crippen LogP contribution in [0.4, 0.5) is 0 Å². The first-order valence-electron chi connectivity index (χ1n) is 4.60. The van der Waals surface area contributed by atoms with E-state index in [-0.39, 0.29) is 6.54 Å². The lowest BCUT2D eigenvalue weighted by Crippen LogP contribution is -2.32. The fourth-order valence-corrected chi connectivity index (χ4v) is 1.31. The molecular formula is C10H15NO2. The van der Waals surface area contributed by atoms with Crippen LogP contribution in [0.25, 0.3) is 0 Å². The molecule has 0 bridgehead atoms. The molecule has 0 aromatic heterocycles. The summed E-state index contributed by atoms with van der Waals surface area (Å²) in [6.07, 6.45) is 8.25. The van der Waals surface area contributed by atoms with Crippen LogP contribution >= 0.6 is 0 Å². The zero-order chi connectivity index (χ0) is 9.68. The standard InChI is InChI=1S/C10H15NO2/c1-2-3-6-11(8-10(12)13)7-9-4-5-9/h1,9H,3-8H2,(H,12,13). The number of carbonyl (C=O) groups is 1. The second kappa shape index (κ2) is 4.88. The van der Waals surface area contributed by atoms with Crippen molar-refractivity contribution in [3.8, 4) is 12.3 Å². The summed E-state index contributed by atoms with van der Waals surface area (Å²) >= 11 is 0. The third kappa shape index (κ3) is 4.54. The molecule has 0 heterocycles. The molecule has 0 amide bonds. The van der Waals surface area contributed by atoms with Crippen LogP contribution in [0.2, 0.25) is 0 Å². The van der Waals surface area contributed by atoms with Gasteiger partial charge in [-0.3, -0.25) is 9.69 Å². The minimum atomic E-state index is -0.766. The van der Waals surface area contributed by atoms with E-state index >= 15 is 0 Å². The van der Waals surface area contributed by atoms with Crippen LogP contribution in [-0.4, -0.2) is 35.6 Å². The molecule has 0 aromatic carbocycles. The van der Waals surface area contributed by atoms with Gasteiger partial charge in [-0.2, -0.15) is 0 Å². The van der Waals surface area contributed by atoms with E-state index in [1.807, 2.05) is 4.90 Å². The monoisotopic (exact) mass is 181 g/mol. The van der Waals surface area contributed by atoms with Crippen LogP contribution < -0.4 is 0 Å². The highest BCUT2D eigenvalue weighted by molar-refractivity contribution is 5.69. The molecule has 0 spiro atoms. The first-order valence-corrected chi connectivity index (χ1v) is 4.60. The van der Waals surface area contributed by atoms with Crippen molar-refractivity contribution >= 4 is 5.97 Å². The largest absolute Gasteiger partial charge is 0.480 e. The Labute approximate surface area is 78.7 Å². The van der Waals surface area contributed by atoms with Crippen molar-refractivity contribution in [2.75, 3.05) is 19.6 Å². The Bertz CT molecular complexity index is 215. The van der Waals surface area contributed by atoms with Gasteiger partial charge >= 0.3 is 5.97 Å².